The van der Waals surface area contributed by atoms with E-state index in [0.29, 0.717) is 29.4 Å². The Morgan fingerprint density at radius 2 is 1.61 bits per heavy atom. The van der Waals surface area contributed by atoms with E-state index >= 15 is 0 Å². The van der Waals surface area contributed by atoms with Gasteiger partial charge in [-0.25, -0.2) is 9.59 Å². The van der Waals surface area contributed by atoms with Gasteiger partial charge in [-0.2, -0.15) is 0 Å². The first-order valence-corrected chi connectivity index (χ1v) is 22.2. The SMILES string of the molecule is CC(C)CCC[C@@H](C)[C@H]1CCC2C3CC=C4CC(OC(=O)NCCCCCCCCCCCC(=O)On5nnc6ccccc65)CC[C@]4(C)C3CC[C@@]21C. The van der Waals surface area contributed by atoms with Crippen molar-refractivity contribution in [3.63, 3.8) is 0 Å². The summed E-state index contributed by atoms with van der Waals surface area (Å²) in [5.41, 5.74) is 3.80. The van der Waals surface area contributed by atoms with Crippen LogP contribution in [0.15, 0.2) is 35.9 Å². The Balaban J connectivity index is 0.807. The van der Waals surface area contributed by atoms with E-state index in [1.54, 1.807) is 5.57 Å². The summed E-state index contributed by atoms with van der Waals surface area (Å²) in [6, 6.07) is 7.44. The second kappa shape index (κ2) is 18.8. The van der Waals surface area contributed by atoms with Crippen LogP contribution in [0.1, 0.15) is 169 Å². The van der Waals surface area contributed by atoms with Crippen LogP contribution in [0.2, 0.25) is 0 Å². The zero-order chi connectivity index (χ0) is 38.1. The number of fused-ring (bicyclic) bond motifs is 6. The molecule has 1 amide bonds. The molecule has 0 spiro atoms. The first kappa shape index (κ1) is 40.8. The average Bonchev–Trinajstić information content (AvgIpc) is 3.72. The topological polar surface area (TPSA) is 95.3 Å². The molecular weight excluding hydrogens is 673 g/mol. The fourth-order valence-electron chi connectivity index (χ4n) is 11.8. The molecule has 8 nitrogen and oxygen atoms in total. The van der Waals surface area contributed by atoms with Crippen molar-refractivity contribution < 1.29 is 19.2 Å². The highest BCUT2D eigenvalue weighted by Crippen LogP contribution is 2.67. The van der Waals surface area contributed by atoms with Crippen molar-refractivity contribution in [2.24, 2.45) is 46.3 Å². The maximum absolute atomic E-state index is 12.8. The molecule has 3 saturated carbocycles. The van der Waals surface area contributed by atoms with Crippen LogP contribution >= 0.6 is 0 Å². The molecule has 0 radical (unpaired) electrons. The predicted octanol–water partition coefficient (Wildman–Crippen LogP) is 11.4. The molecule has 0 saturated heterocycles. The molecule has 1 N–H and O–H groups in total. The van der Waals surface area contributed by atoms with E-state index in [1.165, 1.54) is 81.9 Å². The Kier molecular flexibility index (Phi) is 14.2. The number of rotatable bonds is 19. The minimum absolute atomic E-state index is 0.0111. The molecule has 0 aliphatic heterocycles. The Morgan fingerprint density at radius 3 is 2.39 bits per heavy atom. The minimum atomic E-state index is -0.272. The number of allylic oxidation sites excluding steroid dienone is 1. The standard InChI is InChI=1S/C46H72N4O4/c1-33(2)18-17-19-34(3)38-25-26-39-37-24-23-35-32-36(27-29-45(35,4)40(37)28-30-46(38,39)5)53-44(52)47-31-16-12-10-8-6-7-9-11-13-22-43(51)54-50-42-21-15-14-20-41(42)48-49-50/h14-15,20-21,23,33-34,36-40H,6-13,16-19,22,24-32H2,1-5H3,(H,47,52)/t34-,36?,37?,38-,39?,40?,45+,46-/m1/s1. The Labute approximate surface area is 326 Å². The number of nitrogens with one attached hydrogen (secondary N) is 1. The van der Waals surface area contributed by atoms with E-state index in [4.69, 9.17) is 9.57 Å². The average molecular weight is 745 g/mol. The number of amides is 1. The monoisotopic (exact) mass is 745 g/mol. The molecule has 1 aromatic heterocycles. The van der Waals surface area contributed by atoms with E-state index in [2.05, 4.69) is 56.3 Å². The Hall–Kier alpha value is -2.90. The summed E-state index contributed by atoms with van der Waals surface area (Å²) in [4.78, 5) is 31.5. The summed E-state index contributed by atoms with van der Waals surface area (Å²) in [6.45, 7) is 13.2. The number of nitrogens with zero attached hydrogens (tertiary/aromatic N) is 3. The minimum Gasteiger partial charge on any atom is -0.446 e. The van der Waals surface area contributed by atoms with Crippen LogP contribution in [0.3, 0.4) is 0 Å². The van der Waals surface area contributed by atoms with E-state index in [9.17, 15) is 9.59 Å². The molecule has 2 aromatic rings. The van der Waals surface area contributed by atoms with Crippen molar-refractivity contribution in [3.8, 4) is 0 Å². The molecule has 4 aliphatic carbocycles. The highest BCUT2D eigenvalue weighted by Gasteiger charge is 2.59. The van der Waals surface area contributed by atoms with Crippen molar-refractivity contribution >= 4 is 23.1 Å². The molecule has 300 valence electrons. The van der Waals surface area contributed by atoms with Gasteiger partial charge in [-0.15, -0.1) is 5.10 Å². The van der Waals surface area contributed by atoms with E-state index in [1.807, 2.05) is 24.3 Å². The molecule has 1 aromatic carbocycles. The lowest BCUT2D eigenvalue weighted by atomic mass is 9.47. The normalized spacial score (nSPS) is 29.6. The van der Waals surface area contributed by atoms with Gasteiger partial charge in [0.25, 0.3) is 0 Å². The molecule has 6 rings (SSSR count). The zero-order valence-corrected chi connectivity index (χ0v) is 34.5. The van der Waals surface area contributed by atoms with Crippen LogP contribution in [0, 0.1) is 46.3 Å². The van der Waals surface area contributed by atoms with Crippen LogP contribution in [0.5, 0.6) is 0 Å². The van der Waals surface area contributed by atoms with Gasteiger partial charge in [0.15, 0.2) is 0 Å². The second-order valence-electron chi connectivity index (χ2n) is 18.8. The van der Waals surface area contributed by atoms with Crippen molar-refractivity contribution in [1.29, 1.82) is 0 Å². The quantitative estimate of drug-likeness (QED) is 0.0874. The third kappa shape index (κ3) is 9.72. The van der Waals surface area contributed by atoms with Crippen LogP contribution in [-0.4, -0.2) is 39.9 Å². The molecule has 54 heavy (non-hydrogen) atoms. The fourth-order valence-corrected chi connectivity index (χ4v) is 11.8. The van der Waals surface area contributed by atoms with E-state index < -0.39 is 0 Å². The molecule has 0 bridgehead atoms. The highest BCUT2D eigenvalue weighted by atomic mass is 16.7. The van der Waals surface area contributed by atoms with Gasteiger partial charge in [-0.1, -0.05) is 127 Å². The maximum Gasteiger partial charge on any atom is 0.407 e. The first-order chi connectivity index (χ1) is 26.1. The number of carbonyl (C=O) groups excluding carboxylic acids is 2. The van der Waals surface area contributed by atoms with Gasteiger partial charge in [0.05, 0.1) is 0 Å². The third-order valence-electron chi connectivity index (χ3n) is 14.9. The van der Waals surface area contributed by atoms with Gasteiger partial charge in [0.2, 0.25) is 0 Å². The number of para-hydroxylation sites is 1. The first-order valence-electron chi connectivity index (χ1n) is 22.2. The summed E-state index contributed by atoms with van der Waals surface area (Å²) >= 11 is 0. The lowest BCUT2D eigenvalue weighted by Crippen LogP contribution is -2.51. The zero-order valence-electron chi connectivity index (χ0n) is 34.5. The van der Waals surface area contributed by atoms with Crippen LogP contribution in [-0.2, 0) is 9.53 Å². The number of unbranched alkanes of at least 4 members (excludes halogenated alkanes) is 8. The van der Waals surface area contributed by atoms with Gasteiger partial charge in [-0.3, -0.25) is 0 Å². The van der Waals surface area contributed by atoms with Crippen LogP contribution < -0.4 is 10.2 Å². The third-order valence-corrected chi connectivity index (χ3v) is 14.9. The van der Waals surface area contributed by atoms with Crippen LogP contribution in [0.4, 0.5) is 4.79 Å². The largest absolute Gasteiger partial charge is 0.446 e. The molecule has 4 aliphatic rings. The number of carbonyl (C=O) groups is 2. The number of ether oxygens (including phenoxy) is 1. The van der Waals surface area contributed by atoms with Crippen molar-refractivity contribution in [2.75, 3.05) is 6.54 Å². The number of alkyl carbamates (subject to hydrolysis) is 1. The molecule has 4 unspecified atom stereocenters. The number of hydrogen-bond donors (Lipinski definition) is 1. The van der Waals surface area contributed by atoms with Gasteiger partial charge in [-0.05, 0) is 121 Å². The molecule has 8 atom stereocenters. The van der Waals surface area contributed by atoms with Gasteiger partial charge in [0.1, 0.15) is 17.1 Å². The molecule has 8 heteroatoms. The summed E-state index contributed by atoms with van der Waals surface area (Å²) in [5.74, 6) is 4.82. The van der Waals surface area contributed by atoms with Gasteiger partial charge in [0, 0.05) is 19.4 Å². The second-order valence-corrected chi connectivity index (χ2v) is 18.8. The fraction of sp³-hybridized carbons (Fsp3) is 0.783. The summed E-state index contributed by atoms with van der Waals surface area (Å²) in [7, 11) is 0. The molecule has 3 fully saturated rings. The summed E-state index contributed by atoms with van der Waals surface area (Å²) in [6.07, 6.45) is 26.8. The smallest absolute Gasteiger partial charge is 0.407 e. The molecular formula is C46H72N4O4. The van der Waals surface area contributed by atoms with Crippen molar-refractivity contribution in [1.82, 2.24) is 20.5 Å². The van der Waals surface area contributed by atoms with Crippen LogP contribution in [0.25, 0.3) is 11.0 Å². The molecule has 1 heterocycles. The Morgan fingerprint density at radius 1 is 0.870 bits per heavy atom. The van der Waals surface area contributed by atoms with Gasteiger partial charge >= 0.3 is 12.1 Å². The lowest BCUT2D eigenvalue weighted by molar-refractivity contribution is -0.145. The lowest BCUT2D eigenvalue weighted by Gasteiger charge is -2.58. The Bertz CT molecular complexity index is 1550. The van der Waals surface area contributed by atoms with Crippen molar-refractivity contribution in [2.45, 2.75) is 176 Å². The number of hydrogen-bond acceptors (Lipinski definition) is 6. The summed E-state index contributed by atoms with van der Waals surface area (Å²) in [5, 5.41) is 11.0. The number of benzene rings is 1. The summed E-state index contributed by atoms with van der Waals surface area (Å²) < 4.78 is 6.02. The van der Waals surface area contributed by atoms with E-state index in [0.717, 1.165) is 86.9 Å². The number of aromatic nitrogens is 3. The predicted molar refractivity (Wildman–Crippen MR) is 217 cm³/mol. The van der Waals surface area contributed by atoms with E-state index in [-0.39, 0.29) is 23.6 Å². The maximum atomic E-state index is 12.8. The van der Waals surface area contributed by atoms with Crippen molar-refractivity contribution in [3.05, 3.63) is 35.9 Å². The highest BCUT2D eigenvalue weighted by molar-refractivity contribution is 5.75. The van der Waals surface area contributed by atoms with Gasteiger partial charge < -0.3 is 14.9 Å².